The summed E-state index contributed by atoms with van der Waals surface area (Å²) in [6, 6.07) is 5.41. The van der Waals surface area contributed by atoms with Crippen molar-refractivity contribution in [2.24, 2.45) is 0 Å². The lowest BCUT2D eigenvalue weighted by molar-refractivity contribution is 0.488. The van der Waals surface area contributed by atoms with Crippen LogP contribution in [0, 0.1) is 13.8 Å². The topological polar surface area (TPSA) is 29.1 Å². The van der Waals surface area contributed by atoms with E-state index in [1.54, 1.807) is 0 Å². The summed E-state index contributed by atoms with van der Waals surface area (Å²) in [5.74, 6) is 0.820. The van der Waals surface area contributed by atoms with Gasteiger partial charge in [0.2, 0.25) is 0 Å². The SMILES string of the molecule is Cc1ccc(C)c2c1C(NC1CC1)CCCS2=O. The number of rotatable bonds is 2. The molecule has 3 rings (SSSR count). The molecule has 1 fully saturated rings. The average Bonchev–Trinajstić information content (AvgIpc) is 3.14. The van der Waals surface area contributed by atoms with Crippen LogP contribution in [0.2, 0.25) is 0 Å². The van der Waals surface area contributed by atoms with Crippen LogP contribution in [0.4, 0.5) is 0 Å². The predicted molar refractivity (Wildman–Crippen MR) is 75.3 cm³/mol. The molecule has 0 spiro atoms. The number of aryl methyl sites for hydroxylation is 2. The zero-order chi connectivity index (χ0) is 12.7. The molecule has 0 aromatic heterocycles. The number of benzene rings is 1. The molecule has 1 N–H and O–H groups in total. The van der Waals surface area contributed by atoms with Gasteiger partial charge in [0, 0.05) is 22.7 Å². The van der Waals surface area contributed by atoms with Gasteiger partial charge in [-0.1, -0.05) is 12.1 Å². The van der Waals surface area contributed by atoms with Gasteiger partial charge in [-0.25, -0.2) is 0 Å². The van der Waals surface area contributed by atoms with Gasteiger partial charge in [0.05, 0.1) is 10.8 Å². The van der Waals surface area contributed by atoms with Gasteiger partial charge in [-0.05, 0) is 56.2 Å². The highest BCUT2D eigenvalue weighted by atomic mass is 32.2. The lowest BCUT2D eigenvalue weighted by Gasteiger charge is -2.22. The molecule has 1 heterocycles. The Labute approximate surface area is 112 Å². The molecule has 2 atom stereocenters. The van der Waals surface area contributed by atoms with E-state index in [1.807, 2.05) is 0 Å². The van der Waals surface area contributed by atoms with Crippen molar-refractivity contribution in [1.29, 1.82) is 0 Å². The van der Waals surface area contributed by atoms with E-state index in [4.69, 9.17) is 0 Å². The Bertz CT molecular complexity index is 494. The lowest BCUT2D eigenvalue weighted by Crippen LogP contribution is -2.24. The molecular weight excluding hydrogens is 242 g/mol. The van der Waals surface area contributed by atoms with Gasteiger partial charge < -0.3 is 5.32 Å². The fourth-order valence-corrected chi connectivity index (χ4v) is 4.52. The van der Waals surface area contributed by atoms with Gasteiger partial charge in [0.25, 0.3) is 0 Å². The van der Waals surface area contributed by atoms with E-state index >= 15 is 0 Å². The minimum absolute atomic E-state index is 0.416. The van der Waals surface area contributed by atoms with Crippen LogP contribution in [0.1, 0.15) is 48.4 Å². The molecule has 0 radical (unpaired) electrons. The molecule has 18 heavy (non-hydrogen) atoms. The fourth-order valence-electron chi connectivity index (χ4n) is 2.91. The largest absolute Gasteiger partial charge is 0.307 e. The number of hydrogen-bond donors (Lipinski definition) is 1. The normalized spacial score (nSPS) is 27.7. The first-order valence-electron chi connectivity index (χ1n) is 6.91. The fraction of sp³-hybridized carbons (Fsp3) is 0.600. The van der Waals surface area contributed by atoms with Crippen molar-refractivity contribution in [2.75, 3.05) is 5.75 Å². The van der Waals surface area contributed by atoms with Crippen LogP contribution in [-0.4, -0.2) is 16.0 Å². The minimum atomic E-state index is -0.809. The number of fused-ring (bicyclic) bond motifs is 1. The minimum Gasteiger partial charge on any atom is -0.307 e. The van der Waals surface area contributed by atoms with Crippen molar-refractivity contribution in [1.82, 2.24) is 5.32 Å². The molecule has 2 nitrogen and oxygen atoms in total. The highest BCUT2D eigenvalue weighted by Crippen LogP contribution is 2.36. The Morgan fingerprint density at radius 2 is 1.89 bits per heavy atom. The van der Waals surface area contributed by atoms with Crippen molar-refractivity contribution in [2.45, 2.75) is 56.5 Å². The van der Waals surface area contributed by atoms with Gasteiger partial charge in [-0.15, -0.1) is 0 Å². The second-order valence-electron chi connectivity index (χ2n) is 5.63. The van der Waals surface area contributed by atoms with Gasteiger partial charge in [-0.3, -0.25) is 4.21 Å². The van der Waals surface area contributed by atoms with Crippen LogP contribution in [0.3, 0.4) is 0 Å². The molecule has 2 aliphatic rings. The van der Waals surface area contributed by atoms with Crippen LogP contribution in [-0.2, 0) is 10.8 Å². The summed E-state index contributed by atoms with van der Waals surface area (Å²) in [5, 5.41) is 3.74. The Balaban J connectivity index is 2.07. The monoisotopic (exact) mass is 263 g/mol. The summed E-state index contributed by atoms with van der Waals surface area (Å²) < 4.78 is 12.4. The molecule has 0 amide bonds. The van der Waals surface area contributed by atoms with E-state index in [0.29, 0.717) is 12.1 Å². The maximum atomic E-state index is 12.4. The van der Waals surface area contributed by atoms with Gasteiger partial charge >= 0.3 is 0 Å². The summed E-state index contributed by atoms with van der Waals surface area (Å²) in [6.45, 7) is 4.25. The first kappa shape index (κ1) is 12.4. The third-order valence-corrected chi connectivity index (χ3v) is 5.68. The quantitative estimate of drug-likeness (QED) is 0.888. The Morgan fingerprint density at radius 3 is 2.61 bits per heavy atom. The molecule has 0 saturated heterocycles. The molecule has 0 bridgehead atoms. The lowest BCUT2D eigenvalue weighted by atomic mass is 9.95. The molecular formula is C15H21NOS. The van der Waals surface area contributed by atoms with Crippen LogP contribution in [0.5, 0.6) is 0 Å². The maximum absolute atomic E-state index is 12.4. The second kappa shape index (κ2) is 4.78. The molecule has 1 aromatic carbocycles. The van der Waals surface area contributed by atoms with E-state index < -0.39 is 10.8 Å². The smallest absolute Gasteiger partial charge is 0.0535 e. The molecule has 2 unspecified atom stereocenters. The maximum Gasteiger partial charge on any atom is 0.0535 e. The summed E-state index contributed by atoms with van der Waals surface area (Å²) in [7, 11) is -0.809. The van der Waals surface area contributed by atoms with E-state index in [0.717, 1.165) is 23.5 Å². The zero-order valence-electron chi connectivity index (χ0n) is 11.2. The zero-order valence-corrected chi connectivity index (χ0v) is 12.0. The second-order valence-corrected chi connectivity index (χ2v) is 7.14. The summed E-state index contributed by atoms with van der Waals surface area (Å²) in [5.41, 5.74) is 3.82. The van der Waals surface area contributed by atoms with Crippen LogP contribution in [0.15, 0.2) is 17.0 Å². The van der Waals surface area contributed by atoms with E-state index in [2.05, 4.69) is 31.3 Å². The first-order valence-corrected chi connectivity index (χ1v) is 8.23. The van der Waals surface area contributed by atoms with Gasteiger partial charge in [0.15, 0.2) is 0 Å². The van der Waals surface area contributed by atoms with Crippen molar-refractivity contribution < 1.29 is 4.21 Å². The predicted octanol–water partition coefficient (Wildman–Crippen LogP) is 3.00. The van der Waals surface area contributed by atoms with Crippen LogP contribution < -0.4 is 5.32 Å². The van der Waals surface area contributed by atoms with Crippen molar-refractivity contribution in [3.8, 4) is 0 Å². The van der Waals surface area contributed by atoms with E-state index in [1.165, 1.54) is 29.5 Å². The van der Waals surface area contributed by atoms with Crippen molar-refractivity contribution in [3.05, 3.63) is 28.8 Å². The average molecular weight is 263 g/mol. The molecule has 1 aliphatic heterocycles. The highest BCUT2D eigenvalue weighted by molar-refractivity contribution is 7.85. The highest BCUT2D eigenvalue weighted by Gasteiger charge is 2.30. The molecule has 1 aromatic rings. The first-order chi connectivity index (χ1) is 8.66. The van der Waals surface area contributed by atoms with Gasteiger partial charge in [-0.2, -0.15) is 0 Å². The molecule has 98 valence electrons. The van der Waals surface area contributed by atoms with Crippen LogP contribution in [0.25, 0.3) is 0 Å². The Morgan fingerprint density at radius 1 is 1.17 bits per heavy atom. The summed E-state index contributed by atoms with van der Waals surface area (Å²) >= 11 is 0. The summed E-state index contributed by atoms with van der Waals surface area (Å²) in [6.07, 6.45) is 4.80. The molecule has 3 heteroatoms. The number of nitrogens with one attached hydrogen (secondary N) is 1. The summed E-state index contributed by atoms with van der Waals surface area (Å²) in [4.78, 5) is 1.12. The Kier molecular flexibility index (Phi) is 3.29. The van der Waals surface area contributed by atoms with Crippen molar-refractivity contribution in [3.63, 3.8) is 0 Å². The molecule has 1 saturated carbocycles. The molecule has 1 aliphatic carbocycles. The Hall–Kier alpha value is -0.670. The van der Waals surface area contributed by atoms with Crippen molar-refractivity contribution >= 4 is 10.8 Å². The van der Waals surface area contributed by atoms with E-state index in [9.17, 15) is 4.21 Å². The van der Waals surface area contributed by atoms with E-state index in [-0.39, 0.29) is 0 Å². The third-order valence-electron chi connectivity index (χ3n) is 4.02. The van der Waals surface area contributed by atoms with Gasteiger partial charge in [0.1, 0.15) is 0 Å². The number of hydrogen-bond acceptors (Lipinski definition) is 2. The third kappa shape index (κ3) is 2.26. The standard InChI is InChI=1S/C15H21NOS/c1-10-5-6-11(2)15-14(10)13(16-12-7-8-12)4-3-9-18(15)17/h5-6,12-13,16H,3-4,7-9H2,1-2H3. The van der Waals surface area contributed by atoms with Crippen LogP contribution >= 0.6 is 0 Å².